The van der Waals surface area contributed by atoms with Crippen molar-refractivity contribution in [3.63, 3.8) is 0 Å². The molecule has 1 saturated carbocycles. The van der Waals surface area contributed by atoms with Gasteiger partial charge >= 0.3 is 0 Å². The molecule has 0 bridgehead atoms. The number of hydrogen-bond acceptors (Lipinski definition) is 4. The van der Waals surface area contributed by atoms with Crippen LogP contribution >= 0.6 is 27.7 Å². The van der Waals surface area contributed by atoms with E-state index in [0.717, 1.165) is 20.9 Å². The molecule has 1 fully saturated rings. The lowest BCUT2D eigenvalue weighted by molar-refractivity contribution is -0.113. The van der Waals surface area contributed by atoms with Crippen LogP contribution in [0.4, 0.5) is 5.69 Å². The minimum atomic E-state index is -0.0464. The third-order valence-corrected chi connectivity index (χ3v) is 4.82. The van der Waals surface area contributed by atoms with Crippen molar-refractivity contribution in [2.45, 2.75) is 31.0 Å². The Morgan fingerprint density at radius 2 is 2.33 bits per heavy atom. The molecule has 1 aromatic heterocycles. The van der Waals surface area contributed by atoms with Crippen LogP contribution in [-0.4, -0.2) is 26.4 Å². The Hall–Kier alpha value is -1.34. The molecule has 3 rings (SSSR count). The first-order chi connectivity index (χ1) is 10.1. The van der Waals surface area contributed by atoms with Gasteiger partial charge in [-0.25, -0.2) is 0 Å². The van der Waals surface area contributed by atoms with Crippen LogP contribution in [0.2, 0.25) is 0 Å². The number of nitrogens with zero attached hydrogens (tertiary/aromatic N) is 3. The Kier molecular flexibility index (Phi) is 4.30. The largest absolute Gasteiger partial charge is 0.324 e. The molecule has 0 radical (unpaired) electrons. The van der Waals surface area contributed by atoms with E-state index in [1.54, 1.807) is 6.33 Å². The molecule has 0 saturated heterocycles. The highest BCUT2D eigenvalue weighted by Crippen LogP contribution is 2.37. The van der Waals surface area contributed by atoms with Gasteiger partial charge in [-0.1, -0.05) is 17.8 Å². The predicted octanol–water partition coefficient (Wildman–Crippen LogP) is 3.41. The van der Waals surface area contributed by atoms with Crippen LogP contribution in [0, 0.1) is 6.92 Å². The summed E-state index contributed by atoms with van der Waals surface area (Å²) >= 11 is 4.88. The Morgan fingerprint density at radius 3 is 3.05 bits per heavy atom. The summed E-state index contributed by atoms with van der Waals surface area (Å²) in [7, 11) is 0. The highest BCUT2D eigenvalue weighted by Gasteiger charge is 2.26. The van der Waals surface area contributed by atoms with Gasteiger partial charge in [0, 0.05) is 10.5 Å². The van der Waals surface area contributed by atoms with Gasteiger partial charge in [0.1, 0.15) is 6.33 Å². The van der Waals surface area contributed by atoms with Crippen LogP contribution in [0.3, 0.4) is 0 Å². The predicted molar refractivity (Wildman–Crippen MR) is 86.5 cm³/mol. The smallest absolute Gasteiger partial charge is 0.234 e. The zero-order valence-corrected chi connectivity index (χ0v) is 13.9. The molecule has 7 heteroatoms. The van der Waals surface area contributed by atoms with Gasteiger partial charge < -0.3 is 9.88 Å². The fourth-order valence-electron chi connectivity index (χ4n) is 1.98. The van der Waals surface area contributed by atoms with E-state index in [0.29, 0.717) is 11.8 Å². The van der Waals surface area contributed by atoms with Gasteiger partial charge in [-0.15, -0.1) is 10.2 Å². The average molecular weight is 367 g/mol. The molecule has 1 heterocycles. The van der Waals surface area contributed by atoms with Crippen LogP contribution in [-0.2, 0) is 4.79 Å². The highest BCUT2D eigenvalue weighted by atomic mass is 79.9. The van der Waals surface area contributed by atoms with E-state index < -0.39 is 0 Å². The van der Waals surface area contributed by atoms with Crippen molar-refractivity contribution in [1.82, 2.24) is 14.8 Å². The number of carbonyl (C=O) groups is 1. The standard InChI is InChI=1S/C14H15BrN4OS/c1-9-2-5-12(11(15)6-9)17-13(20)7-21-14-18-16-8-19(14)10-3-4-10/h2,5-6,8,10H,3-4,7H2,1H3,(H,17,20). The normalized spacial score (nSPS) is 14.2. The van der Waals surface area contributed by atoms with Crippen molar-refractivity contribution >= 4 is 39.3 Å². The first-order valence-corrected chi connectivity index (χ1v) is 8.49. The molecule has 21 heavy (non-hydrogen) atoms. The van der Waals surface area contributed by atoms with Gasteiger partial charge in [-0.2, -0.15) is 0 Å². The summed E-state index contributed by atoms with van der Waals surface area (Å²) in [5.74, 6) is 0.279. The van der Waals surface area contributed by atoms with Crippen LogP contribution in [0.1, 0.15) is 24.4 Å². The van der Waals surface area contributed by atoms with Crippen molar-refractivity contribution in [3.8, 4) is 0 Å². The minimum Gasteiger partial charge on any atom is -0.324 e. The van der Waals surface area contributed by atoms with Crippen molar-refractivity contribution in [2.24, 2.45) is 0 Å². The summed E-state index contributed by atoms with van der Waals surface area (Å²) in [6, 6.07) is 6.37. The monoisotopic (exact) mass is 366 g/mol. The van der Waals surface area contributed by atoms with E-state index in [1.807, 2.05) is 25.1 Å². The van der Waals surface area contributed by atoms with Crippen LogP contribution < -0.4 is 5.32 Å². The van der Waals surface area contributed by atoms with E-state index in [4.69, 9.17) is 0 Å². The molecule has 0 aliphatic heterocycles. The molecule has 0 unspecified atom stereocenters. The Labute approximate surface area is 135 Å². The fourth-order valence-corrected chi connectivity index (χ4v) is 3.35. The lowest BCUT2D eigenvalue weighted by Crippen LogP contribution is -2.15. The summed E-state index contributed by atoms with van der Waals surface area (Å²) in [6.45, 7) is 2.01. The number of rotatable bonds is 5. The number of anilines is 1. The van der Waals surface area contributed by atoms with E-state index >= 15 is 0 Å². The van der Waals surface area contributed by atoms with E-state index in [1.165, 1.54) is 24.6 Å². The molecule has 1 amide bonds. The molecular formula is C14H15BrN4OS. The van der Waals surface area contributed by atoms with E-state index in [9.17, 15) is 4.79 Å². The summed E-state index contributed by atoms with van der Waals surface area (Å²) in [5, 5.41) is 11.7. The first kappa shape index (κ1) is 14.6. The number of amides is 1. The molecule has 1 N–H and O–H groups in total. The second kappa shape index (κ2) is 6.19. The number of benzene rings is 1. The van der Waals surface area contributed by atoms with Gasteiger partial charge in [-0.3, -0.25) is 4.79 Å². The zero-order chi connectivity index (χ0) is 14.8. The van der Waals surface area contributed by atoms with Gasteiger partial charge in [0.2, 0.25) is 5.91 Å². The summed E-state index contributed by atoms with van der Waals surface area (Å²) < 4.78 is 2.95. The van der Waals surface area contributed by atoms with Crippen LogP contribution in [0.25, 0.3) is 0 Å². The van der Waals surface area contributed by atoms with Gasteiger partial charge in [0.25, 0.3) is 0 Å². The zero-order valence-electron chi connectivity index (χ0n) is 11.5. The van der Waals surface area contributed by atoms with E-state index in [-0.39, 0.29) is 5.91 Å². The van der Waals surface area contributed by atoms with Crippen LogP contribution in [0.5, 0.6) is 0 Å². The van der Waals surface area contributed by atoms with Crippen LogP contribution in [0.15, 0.2) is 34.2 Å². The molecular weight excluding hydrogens is 352 g/mol. The summed E-state index contributed by atoms with van der Waals surface area (Å²) in [5.41, 5.74) is 1.93. The lowest BCUT2D eigenvalue weighted by Gasteiger charge is -2.08. The molecule has 0 spiro atoms. The lowest BCUT2D eigenvalue weighted by atomic mass is 10.2. The summed E-state index contributed by atoms with van der Waals surface area (Å²) in [4.78, 5) is 12.0. The highest BCUT2D eigenvalue weighted by molar-refractivity contribution is 9.10. The van der Waals surface area contributed by atoms with Crippen molar-refractivity contribution < 1.29 is 4.79 Å². The Morgan fingerprint density at radius 1 is 1.52 bits per heavy atom. The number of aryl methyl sites for hydroxylation is 1. The molecule has 1 aliphatic carbocycles. The Balaban J connectivity index is 1.57. The maximum Gasteiger partial charge on any atom is 0.234 e. The van der Waals surface area contributed by atoms with Crippen molar-refractivity contribution in [1.29, 1.82) is 0 Å². The minimum absolute atomic E-state index is 0.0464. The SMILES string of the molecule is Cc1ccc(NC(=O)CSc2nncn2C2CC2)c(Br)c1. The van der Waals surface area contributed by atoms with Gasteiger partial charge in [0.05, 0.1) is 11.4 Å². The first-order valence-electron chi connectivity index (χ1n) is 6.72. The quantitative estimate of drug-likeness (QED) is 0.823. The maximum absolute atomic E-state index is 12.0. The van der Waals surface area contributed by atoms with Gasteiger partial charge in [-0.05, 0) is 53.4 Å². The molecule has 1 aromatic carbocycles. The van der Waals surface area contributed by atoms with Gasteiger partial charge in [0.15, 0.2) is 5.16 Å². The second-order valence-corrected chi connectivity index (χ2v) is 6.87. The van der Waals surface area contributed by atoms with Crippen molar-refractivity contribution in [2.75, 3.05) is 11.1 Å². The molecule has 1 aliphatic rings. The number of nitrogens with one attached hydrogen (secondary N) is 1. The number of aromatic nitrogens is 3. The number of thioether (sulfide) groups is 1. The fraction of sp³-hybridized carbons (Fsp3) is 0.357. The topological polar surface area (TPSA) is 59.8 Å². The maximum atomic E-state index is 12.0. The Bertz CT molecular complexity index is 669. The number of carbonyl (C=O) groups excluding carboxylic acids is 1. The average Bonchev–Trinajstić information content (AvgIpc) is 3.18. The number of hydrogen-bond donors (Lipinski definition) is 1. The van der Waals surface area contributed by atoms with E-state index in [2.05, 4.69) is 36.0 Å². The number of halogens is 1. The summed E-state index contributed by atoms with van der Waals surface area (Å²) in [6.07, 6.45) is 4.09. The molecule has 110 valence electrons. The molecule has 5 nitrogen and oxygen atoms in total. The van der Waals surface area contributed by atoms with Crippen molar-refractivity contribution in [3.05, 3.63) is 34.6 Å². The molecule has 2 aromatic rings. The third kappa shape index (κ3) is 3.65. The second-order valence-electron chi connectivity index (χ2n) is 5.07. The molecule has 0 atom stereocenters. The third-order valence-electron chi connectivity index (χ3n) is 3.21.